The van der Waals surface area contributed by atoms with Crippen molar-refractivity contribution in [3.63, 3.8) is 0 Å². The molecule has 72 valence electrons. The molecule has 13 heavy (non-hydrogen) atoms. The maximum absolute atomic E-state index is 10.4. The highest BCUT2D eigenvalue weighted by Crippen LogP contribution is 2.21. The first-order valence-electron chi connectivity index (χ1n) is 3.69. The number of rotatable bonds is 5. The van der Waals surface area contributed by atoms with Gasteiger partial charge in [-0.05, 0) is 18.4 Å². The van der Waals surface area contributed by atoms with E-state index in [0.717, 1.165) is 11.5 Å². The zero-order chi connectivity index (χ0) is 9.68. The fourth-order valence-electron chi connectivity index (χ4n) is 0.738. The van der Waals surface area contributed by atoms with Crippen LogP contribution in [-0.4, -0.2) is 28.8 Å². The average Bonchev–Trinajstić information content (AvgIpc) is 2.53. The van der Waals surface area contributed by atoms with Crippen molar-refractivity contribution in [3.8, 4) is 0 Å². The quantitative estimate of drug-likeness (QED) is 0.607. The monoisotopic (exact) mass is 218 g/mol. The van der Waals surface area contributed by atoms with Crippen molar-refractivity contribution in [2.45, 2.75) is 5.09 Å². The molecule has 0 unspecified atom stereocenters. The minimum atomic E-state index is -1.02. The summed E-state index contributed by atoms with van der Waals surface area (Å²) in [5.74, 6) is 0.963. The normalized spacial score (nSPS) is 10.2. The van der Waals surface area contributed by atoms with Crippen molar-refractivity contribution < 1.29 is 14.3 Å². The molecule has 0 amide bonds. The highest BCUT2D eigenvalue weighted by atomic mass is 32.2. The van der Waals surface area contributed by atoms with Gasteiger partial charge in [0.05, 0.1) is 0 Å². The highest BCUT2D eigenvalue weighted by Gasteiger charge is 2.08. The fraction of sp³-hybridized carbons (Fsp3) is 0.375. The second kappa shape index (κ2) is 5.24. The van der Waals surface area contributed by atoms with E-state index in [-0.39, 0.29) is 5.76 Å². The summed E-state index contributed by atoms with van der Waals surface area (Å²) in [6.45, 7) is 0. The Hall–Kier alpha value is -0.550. The molecule has 0 aliphatic rings. The number of carbonyl (C=O) groups is 1. The lowest BCUT2D eigenvalue weighted by Gasteiger charge is -1.94. The van der Waals surface area contributed by atoms with E-state index in [1.165, 1.54) is 17.8 Å². The number of thioether (sulfide) groups is 2. The minimum absolute atomic E-state index is 0.00616. The Kier molecular flexibility index (Phi) is 4.24. The number of furan rings is 1. The van der Waals surface area contributed by atoms with Gasteiger partial charge >= 0.3 is 5.97 Å². The first kappa shape index (κ1) is 10.5. The summed E-state index contributed by atoms with van der Waals surface area (Å²) in [4.78, 5) is 10.4. The molecule has 0 saturated carbocycles. The summed E-state index contributed by atoms with van der Waals surface area (Å²) in [5.41, 5.74) is 0. The summed E-state index contributed by atoms with van der Waals surface area (Å²) >= 11 is 3.29. The van der Waals surface area contributed by atoms with E-state index in [9.17, 15) is 4.79 Å². The Morgan fingerprint density at radius 3 is 2.85 bits per heavy atom. The first-order valence-corrected chi connectivity index (χ1v) is 6.07. The Morgan fingerprint density at radius 1 is 1.54 bits per heavy atom. The number of hydrogen-bond donors (Lipinski definition) is 1. The lowest BCUT2D eigenvalue weighted by Crippen LogP contribution is -1.91. The fourth-order valence-corrected chi connectivity index (χ4v) is 2.25. The van der Waals surface area contributed by atoms with Crippen LogP contribution in [-0.2, 0) is 0 Å². The van der Waals surface area contributed by atoms with E-state index in [4.69, 9.17) is 9.52 Å². The molecular formula is C8H10O3S2. The molecule has 0 fully saturated rings. The summed E-state index contributed by atoms with van der Waals surface area (Å²) in [7, 11) is 0. The van der Waals surface area contributed by atoms with E-state index in [1.807, 2.05) is 6.26 Å². The molecular weight excluding hydrogens is 208 g/mol. The molecule has 1 aromatic heterocycles. The van der Waals surface area contributed by atoms with Gasteiger partial charge in [0.2, 0.25) is 5.76 Å². The van der Waals surface area contributed by atoms with Gasteiger partial charge in [-0.3, -0.25) is 0 Å². The molecule has 0 saturated heterocycles. The van der Waals surface area contributed by atoms with Gasteiger partial charge in [0.25, 0.3) is 0 Å². The van der Waals surface area contributed by atoms with Gasteiger partial charge in [-0.15, -0.1) is 0 Å². The van der Waals surface area contributed by atoms with Gasteiger partial charge < -0.3 is 9.52 Å². The molecule has 0 spiro atoms. The number of carboxylic acid groups (broad SMARTS) is 1. The van der Waals surface area contributed by atoms with Gasteiger partial charge in [0, 0.05) is 11.5 Å². The molecule has 0 bridgehead atoms. The number of hydrogen-bond acceptors (Lipinski definition) is 4. The maximum Gasteiger partial charge on any atom is 0.371 e. The second-order valence-electron chi connectivity index (χ2n) is 2.27. The van der Waals surface area contributed by atoms with Gasteiger partial charge in [0.15, 0.2) is 5.09 Å². The second-order valence-corrected chi connectivity index (χ2v) is 4.35. The largest absolute Gasteiger partial charge is 0.475 e. The van der Waals surface area contributed by atoms with Gasteiger partial charge in [-0.1, -0.05) is 11.8 Å². The maximum atomic E-state index is 10.4. The van der Waals surface area contributed by atoms with Crippen LogP contribution in [0.1, 0.15) is 10.6 Å². The molecule has 0 aliphatic heterocycles. The van der Waals surface area contributed by atoms with Crippen molar-refractivity contribution in [1.29, 1.82) is 0 Å². The third-order valence-electron chi connectivity index (χ3n) is 1.32. The van der Waals surface area contributed by atoms with E-state index < -0.39 is 5.97 Å². The smallest absolute Gasteiger partial charge is 0.371 e. The van der Waals surface area contributed by atoms with E-state index >= 15 is 0 Å². The standard InChI is InChI=1S/C8H10O3S2/c1-12-4-5-13-7-3-2-6(11-7)8(9)10/h2-3H,4-5H2,1H3,(H,9,10). The van der Waals surface area contributed by atoms with Crippen LogP contribution in [0.25, 0.3) is 0 Å². The van der Waals surface area contributed by atoms with Crippen LogP contribution in [0, 0.1) is 0 Å². The predicted molar refractivity (Wildman–Crippen MR) is 54.8 cm³/mol. The lowest BCUT2D eigenvalue weighted by molar-refractivity contribution is 0.0656. The minimum Gasteiger partial charge on any atom is -0.475 e. The number of carboxylic acids is 1. The zero-order valence-corrected chi connectivity index (χ0v) is 8.78. The summed E-state index contributed by atoms with van der Waals surface area (Å²) in [6.07, 6.45) is 2.03. The molecule has 0 aromatic carbocycles. The Bertz CT molecular complexity index is 283. The summed E-state index contributed by atoms with van der Waals surface area (Å²) in [5, 5.41) is 9.24. The molecule has 0 aliphatic carbocycles. The Labute approximate surface area is 84.9 Å². The highest BCUT2D eigenvalue weighted by molar-refractivity contribution is 8.02. The van der Waals surface area contributed by atoms with Crippen molar-refractivity contribution in [2.24, 2.45) is 0 Å². The van der Waals surface area contributed by atoms with Crippen molar-refractivity contribution in [2.75, 3.05) is 17.8 Å². The molecule has 1 heterocycles. The van der Waals surface area contributed by atoms with Crippen LogP contribution in [0.2, 0.25) is 0 Å². The molecule has 0 atom stereocenters. The molecule has 1 aromatic rings. The van der Waals surface area contributed by atoms with E-state index in [0.29, 0.717) is 5.09 Å². The van der Waals surface area contributed by atoms with Crippen LogP contribution in [0.3, 0.4) is 0 Å². The predicted octanol–water partition coefficient (Wildman–Crippen LogP) is 2.43. The van der Waals surface area contributed by atoms with Crippen LogP contribution >= 0.6 is 23.5 Å². The summed E-state index contributed by atoms with van der Waals surface area (Å²) < 4.78 is 5.05. The topological polar surface area (TPSA) is 50.4 Å². The van der Waals surface area contributed by atoms with Crippen LogP contribution in [0.4, 0.5) is 0 Å². The molecule has 1 rings (SSSR count). The SMILES string of the molecule is CSCCSc1ccc(C(=O)O)o1. The Morgan fingerprint density at radius 2 is 2.31 bits per heavy atom. The van der Waals surface area contributed by atoms with Gasteiger partial charge in [-0.25, -0.2) is 4.79 Å². The van der Waals surface area contributed by atoms with Gasteiger partial charge in [0.1, 0.15) is 0 Å². The van der Waals surface area contributed by atoms with Crippen LogP contribution in [0.5, 0.6) is 0 Å². The Balaban J connectivity index is 2.44. The third kappa shape index (κ3) is 3.36. The van der Waals surface area contributed by atoms with Crippen molar-refractivity contribution in [3.05, 3.63) is 17.9 Å². The lowest BCUT2D eigenvalue weighted by atomic mass is 10.5. The summed E-state index contributed by atoms with van der Waals surface area (Å²) in [6, 6.07) is 3.16. The van der Waals surface area contributed by atoms with Crippen LogP contribution in [0.15, 0.2) is 21.6 Å². The third-order valence-corrected chi connectivity index (χ3v) is 3.11. The van der Waals surface area contributed by atoms with Crippen molar-refractivity contribution in [1.82, 2.24) is 0 Å². The van der Waals surface area contributed by atoms with Crippen molar-refractivity contribution >= 4 is 29.5 Å². The van der Waals surface area contributed by atoms with E-state index in [2.05, 4.69) is 0 Å². The average molecular weight is 218 g/mol. The zero-order valence-electron chi connectivity index (χ0n) is 7.15. The first-order chi connectivity index (χ1) is 6.24. The van der Waals surface area contributed by atoms with Crippen LogP contribution < -0.4 is 0 Å². The van der Waals surface area contributed by atoms with Gasteiger partial charge in [-0.2, -0.15) is 11.8 Å². The molecule has 5 heteroatoms. The molecule has 0 radical (unpaired) electrons. The molecule has 3 nitrogen and oxygen atoms in total. The number of aromatic carboxylic acids is 1. The van der Waals surface area contributed by atoms with E-state index in [1.54, 1.807) is 17.8 Å². The molecule has 1 N–H and O–H groups in total.